The molecule has 0 radical (unpaired) electrons. The first-order chi connectivity index (χ1) is 9.40. The first-order valence-electron chi connectivity index (χ1n) is 5.74. The van der Waals surface area contributed by atoms with Crippen molar-refractivity contribution in [3.63, 3.8) is 0 Å². The molecule has 0 saturated heterocycles. The number of anilines is 2. The molecule has 0 unspecified atom stereocenters. The summed E-state index contributed by atoms with van der Waals surface area (Å²) in [6.07, 6.45) is 0. The Labute approximate surface area is 113 Å². The third kappa shape index (κ3) is 2.54. The molecule has 2 rings (SSSR count). The Morgan fingerprint density at radius 3 is 2.60 bits per heavy atom. The van der Waals surface area contributed by atoms with Gasteiger partial charge in [-0.25, -0.2) is 8.78 Å². The number of aryl methyl sites for hydroxylation is 1. The van der Waals surface area contributed by atoms with E-state index in [1.807, 2.05) is 0 Å². The minimum absolute atomic E-state index is 0.0398. The molecular weight excluding hydrogens is 266 g/mol. The number of amides is 1. The summed E-state index contributed by atoms with van der Waals surface area (Å²) in [5, 5.41) is 11.6. The number of hydrogen-bond acceptors (Lipinski definition) is 3. The Hall–Kier alpha value is -2.63. The molecule has 0 spiro atoms. The van der Waals surface area contributed by atoms with E-state index >= 15 is 0 Å². The minimum atomic E-state index is -1.21. The van der Waals surface area contributed by atoms with E-state index in [-0.39, 0.29) is 17.0 Å². The van der Waals surface area contributed by atoms with Gasteiger partial charge in [-0.2, -0.15) is 0 Å². The van der Waals surface area contributed by atoms with Crippen molar-refractivity contribution in [2.75, 3.05) is 11.1 Å². The molecule has 20 heavy (non-hydrogen) atoms. The molecule has 0 aliphatic rings. The van der Waals surface area contributed by atoms with Gasteiger partial charge >= 0.3 is 0 Å². The Morgan fingerprint density at radius 2 is 1.95 bits per heavy atom. The van der Waals surface area contributed by atoms with Crippen molar-refractivity contribution in [1.82, 2.24) is 0 Å². The van der Waals surface area contributed by atoms with Gasteiger partial charge in [-0.15, -0.1) is 0 Å². The monoisotopic (exact) mass is 278 g/mol. The molecule has 0 saturated carbocycles. The van der Waals surface area contributed by atoms with Crippen LogP contribution in [0, 0.1) is 18.6 Å². The first-order valence-corrected chi connectivity index (χ1v) is 5.74. The second-order valence-electron chi connectivity index (χ2n) is 4.28. The van der Waals surface area contributed by atoms with Crippen molar-refractivity contribution in [3.05, 3.63) is 53.1 Å². The zero-order valence-electron chi connectivity index (χ0n) is 10.6. The van der Waals surface area contributed by atoms with Gasteiger partial charge in [-0.05, 0) is 42.8 Å². The summed E-state index contributed by atoms with van der Waals surface area (Å²) in [6.45, 7) is 1.61. The average molecular weight is 278 g/mol. The second kappa shape index (κ2) is 5.16. The number of carbonyl (C=O) groups excluding carboxylic acids is 1. The van der Waals surface area contributed by atoms with E-state index in [9.17, 15) is 18.7 Å². The highest BCUT2D eigenvalue weighted by molar-refractivity contribution is 6.06. The van der Waals surface area contributed by atoms with Gasteiger partial charge in [-0.1, -0.05) is 0 Å². The van der Waals surface area contributed by atoms with Crippen LogP contribution >= 0.6 is 0 Å². The fourth-order valence-corrected chi connectivity index (χ4v) is 1.68. The normalized spacial score (nSPS) is 10.3. The summed E-state index contributed by atoms with van der Waals surface area (Å²) in [4.78, 5) is 12.0. The zero-order valence-corrected chi connectivity index (χ0v) is 10.6. The second-order valence-corrected chi connectivity index (χ2v) is 4.28. The molecule has 0 heterocycles. The molecule has 0 atom stereocenters. The van der Waals surface area contributed by atoms with Crippen molar-refractivity contribution < 1.29 is 18.7 Å². The fourth-order valence-electron chi connectivity index (χ4n) is 1.68. The van der Waals surface area contributed by atoms with Gasteiger partial charge in [0.2, 0.25) is 0 Å². The van der Waals surface area contributed by atoms with Gasteiger partial charge in [-0.3, -0.25) is 4.79 Å². The largest absolute Gasteiger partial charge is 0.508 e. The van der Waals surface area contributed by atoms with E-state index in [1.165, 1.54) is 18.2 Å². The molecule has 0 aliphatic heterocycles. The Balaban J connectivity index is 2.32. The van der Waals surface area contributed by atoms with E-state index in [1.54, 1.807) is 6.92 Å². The highest BCUT2D eigenvalue weighted by Gasteiger charge is 2.16. The molecule has 4 N–H and O–H groups in total. The van der Waals surface area contributed by atoms with Gasteiger partial charge < -0.3 is 16.2 Å². The van der Waals surface area contributed by atoms with E-state index in [2.05, 4.69) is 5.32 Å². The van der Waals surface area contributed by atoms with Crippen LogP contribution in [0.1, 0.15) is 15.9 Å². The minimum Gasteiger partial charge on any atom is -0.508 e. The molecule has 4 nitrogen and oxygen atoms in total. The quantitative estimate of drug-likeness (QED) is 0.739. The van der Waals surface area contributed by atoms with Crippen LogP contribution in [0.5, 0.6) is 5.75 Å². The molecule has 6 heteroatoms. The van der Waals surface area contributed by atoms with Crippen LogP contribution in [0.15, 0.2) is 30.3 Å². The number of aromatic hydroxyl groups is 1. The molecular formula is C14H12F2N2O2. The van der Waals surface area contributed by atoms with Crippen molar-refractivity contribution in [2.24, 2.45) is 0 Å². The third-order valence-electron chi connectivity index (χ3n) is 2.82. The van der Waals surface area contributed by atoms with Crippen LogP contribution in [0.3, 0.4) is 0 Å². The van der Waals surface area contributed by atoms with Gasteiger partial charge in [0, 0.05) is 5.56 Å². The molecule has 1 amide bonds. The van der Waals surface area contributed by atoms with Crippen molar-refractivity contribution in [3.8, 4) is 5.75 Å². The smallest absolute Gasteiger partial charge is 0.255 e. The lowest BCUT2D eigenvalue weighted by molar-refractivity contribution is 0.102. The summed E-state index contributed by atoms with van der Waals surface area (Å²) in [5.74, 6) is -2.92. The van der Waals surface area contributed by atoms with Gasteiger partial charge in [0.1, 0.15) is 11.4 Å². The summed E-state index contributed by atoms with van der Waals surface area (Å²) in [5.41, 5.74) is 5.72. The Kier molecular flexibility index (Phi) is 3.56. The number of phenolic OH excluding ortho intramolecular Hbond substituents is 1. The maximum Gasteiger partial charge on any atom is 0.255 e. The van der Waals surface area contributed by atoms with Gasteiger partial charge in [0.25, 0.3) is 5.91 Å². The molecule has 0 fully saturated rings. The molecule has 0 aromatic heterocycles. The number of rotatable bonds is 2. The van der Waals surface area contributed by atoms with Gasteiger partial charge in [0.05, 0.1) is 5.69 Å². The molecule has 2 aromatic rings. The maximum absolute atomic E-state index is 13.6. The van der Waals surface area contributed by atoms with Crippen LogP contribution in [-0.4, -0.2) is 11.0 Å². The zero-order chi connectivity index (χ0) is 14.9. The van der Waals surface area contributed by atoms with Gasteiger partial charge in [0.15, 0.2) is 11.6 Å². The molecule has 0 aliphatic carbocycles. The van der Waals surface area contributed by atoms with E-state index < -0.39 is 23.2 Å². The lowest BCUT2D eigenvalue weighted by atomic mass is 10.1. The van der Waals surface area contributed by atoms with Crippen LogP contribution in [0.25, 0.3) is 0 Å². The summed E-state index contributed by atoms with van der Waals surface area (Å²) < 4.78 is 26.7. The number of hydrogen-bond donors (Lipinski definition) is 3. The van der Waals surface area contributed by atoms with E-state index in [0.717, 1.165) is 12.1 Å². The van der Waals surface area contributed by atoms with Crippen molar-refractivity contribution in [1.29, 1.82) is 0 Å². The Morgan fingerprint density at radius 1 is 1.25 bits per heavy atom. The summed E-state index contributed by atoms with van der Waals surface area (Å²) >= 11 is 0. The maximum atomic E-state index is 13.6. The third-order valence-corrected chi connectivity index (χ3v) is 2.82. The lowest BCUT2D eigenvalue weighted by Crippen LogP contribution is -2.15. The predicted molar refractivity (Wildman–Crippen MR) is 71.6 cm³/mol. The topological polar surface area (TPSA) is 75.4 Å². The molecule has 0 bridgehead atoms. The highest BCUT2D eigenvalue weighted by atomic mass is 19.2. The molecule has 104 valence electrons. The highest BCUT2D eigenvalue weighted by Crippen LogP contribution is 2.25. The lowest BCUT2D eigenvalue weighted by Gasteiger charge is -2.10. The average Bonchev–Trinajstić information content (AvgIpc) is 2.42. The fraction of sp³-hybridized carbons (Fsp3) is 0.0714. The van der Waals surface area contributed by atoms with Crippen molar-refractivity contribution >= 4 is 17.3 Å². The van der Waals surface area contributed by atoms with Crippen LogP contribution in [-0.2, 0) is 0 Å². The number of benzene rings is 2. The Bertz CT molecular complexity index is 687. The first kappa shape index (κ1) is 13.8. The number of halogens is 2. The number of nitrogen functional groups attached to an aromatic ring is 1. The molecule has 2 aromatic carbocycles. The summed E-state index contributed by atoms with van der Waals surface area (Å²) in [6, 6.07) is 6.18. The van der Waals surface area contributed by atoms with E-state index in [4.69, 9.17) is 5.73 Å². The van der Waals surface area contributed by atoms with E-state index in [0.29, 0.717) is 5.56 Å². The predicted octanol–water partition coefficient (Wildman–Crippen LogP) is 2.81. The van der Waals surface area contributed by atoms with Crippen molar-refractivity contribution in [2.45, 2.75) is 6.92 Å². The van der Waals surface area contributed by atoms with Crippen LogP contribution in [0.4, 0.5) is 20.2 Å². The standard InChI is InChI=1S/C14H12F2N2O2/c1-7-6-8(2-5-11(7)19)14(20)18-13-10(17)4-3-9(15)12(13)16/h2-6,19H,17H2,1H3,(H,18,20). The number of carbonyl (C=O) groups is 1. The number of nitrogens with two attached hydrogens (primary N) is 1. The van der Waals surface area contributed by atoms with Crippen LogP contribution in [0.2, 0.25) is 0 Å². The number of phenols is 1. The summed E-state index contributed by atoms with van der Waals surface area (Å²) in [7, 11) is 0. The van der Waals surface area contributed by atoms with Crippen LogP contribution < -0.4 is 11.1 Å². The SMILES string of the molecule is Cc1cc(C(=O)Nc2c(N)ccc(F)c2F)ccc1O. The number of nitrogens with one attached hydrogen (secondary N) is 1.